The van der Waals surface area contributed by atoms with E-state index in [0.717, 1.165) is 78.3 Å². The molecule has 2 aliphatic rings. The second-order valence-electron chi connectivity index (χ2n) is 10.4. The number of ether oxygens (including phenoxy) is 5. The summed E-state index contributed by atoms with van der Waals surface area (Å²) in [5, 5.41) is 3.41. The normalized spacial score (nSPS) is 13.3. The van der Waals surface area contributed by atoms with Gasteiger partial charge >= 0.3 is 0 Å². The summed E-state index contributed by atoms with van der Waals surface area (Å²) in [6.45, 7) is 2.82. The molecule has 204 valence electrons. The maximum absolute atomic E-state index is 6.40. The van der Waals surface area contributed by atoms with Crippen LogP contribution in [0.2, 0.25) is 0 Å². The number of benzene rings is 3. The summed E-state index contributed by atoms with van der Waals surface area (Å²) < 4.78 is 33.4. The maximum atomic E-state index is 6.40. The van der Waals surface area contributed by atoms with Crippen molar-refractivity contribution in [2.45, 2.75) is 38.8 Å². The second kappa shape index (κ2) is 10.3. The summed E-state index contributed by atoms with van der Waals surface area (Å²) in [4.78, 5) is 0. The van der Waals surface area contributed by atoms with Crippen LogP contribution >= 0.6 is 0 Å². The lowest BCUT2D eigenvalue weighted by atomic mass is 9.95. The largest absolute Gasteiger partial charge is 0.497 e. The summed E-state index contributed by atoms with van der Waals surface area (Å²) in [6.07, 6.45) is 8.46. The van der Waals surface area contributed by atoms with Gasteiger partial charge in [-0.1, -0.05) is 0 Å². The lowest BCUT2D eigenvalue weighted by Crippen LogP contribution is -2.40. The summed E-state index contributed by atoms with van der Waals surface area (Å²) in [5.41, 5.74) is 4.91. The van der Waals surface area contributed by atoms with E-state index in [1.54, 1.807) is 14.2 Å². The number of pyridine rings is 1. The van der Waals surface area contributed by atoms with Crippen molar-refractivity contribution >= 4 is 21.7 Å². The number of hydrogen-bond acceptors (Lipinski definition) is 5. The number of aromatic nitrogens is 2. The van der Waals surface area contributed by atoms with Gasteiger partial charge in [-0.25, -0.2) is 0 Å². The molecule has 2 aromatic heterocycles. The van der Waals surface area contributed by atoms with E-state index in [0.29, 0.717) is 6.61 Å². The van der Waals surface area contributed by atoms with E-state index in [-0.39, 0.29) is 6.79 Å². The zero-order valence-electron chi connectivity index (χ0n) is 22.9. The fourth-order valence-corrected chi connectivity index (χ4v) is 5.94. The average molecular weight is 538 g/mol. The van der Waals surface area contributed by atoms with Crippen molar-refractivity contribution in [3.63, 3.8) is 0 Å². The van der Waals surface area contributed by atoms with Gasteiger partial charge in [-0.2, -0.15) is 4.57 Å². The molecule has 7 rings (SSSR count). The molecule has 0 unspecified atom stereocenters. The monoisotopic (exact) mass is 537 g/mol. The van der Waals surface area contributed by atoms with E-state index < -0.39 is 0 Å². The van der Waals surface area contributed by atoms with Gasteiger partial charge in [-0.15, -0.1) is 0 Å². The SMILES string of the molecule is COc1ccc2c(ccn2CCCCCOc2c(OC)ccc3cc4[n+](cc23)CCc2cc3c(cc2-4)OCO3)c1. The second-order valence-corrected chi connectivity index (χ2v) is 10.4. The molecular formula is C33H33N2O5+. The Morgan fingerprint density at radius 3 is 2.65 bits per heavy atom. The van der Waals surface area contributed by atoms with Crippen LogP contribution in [0.15, 0.2) is 67.0 Å². The first-order valence-electron chi connectivity index (χ1n) is 13.9. The smallest absolute Gasteiger partial charge is 0.231 e. The Balaban J connectivity index is 1.05. The minimum atomic E-state index is 0.287. The van der Waals surface area contributed by atoms with E-state index in [4.69, 9.17) is 23.7 Å². The van der Waals surface area contributed by atoms with Crippen LogP contribution in [-0.4, -0.2) is 32.2 Å². The summed E-state index contributed by atoms with van der Waals surface area (Å²) in [6, 6.07) is 19.0. The number of aryl methyl sites for hydroxylation is 3. The standard InChI is InChI=1S/C33H33N2O5/c1-36-25-7-8-28-24(16-25)11-13-34(28)12-4-3-5-15-38-33-27-20-35-14-10-23-18-31-32(40-21-39-31)19-26(23)29(35)17-22(27)6-9-30(33)37-2/h6-9,11,13,16-20H,3-5,10,12,14-15,21H2,1-2H3/q+1. The van der Waals surface area contributed by atoms with Gasteiger partial charge in [0.1, 0.15) is 5.75 Å². The molecule has 0 saturated carbocycles. The predicted molar refractivity (Wildman–Crippen MR) is 154 cm³/mol. The zero-order chi connectivity index (χ0) is 27.1. The minimum absolute atomic E-state index is 0.287. The van der Waals surface area contributed by atoms with Gasteiger partial charge in [-0.05, 0) is 78.7 Å². The summed E-state index contributed by atoms with van der Waals surface area (Å²) in [7, 11) is 3.41. The number of fused-ring (bicyclic) bond motifs is 6. The molecule has 0 amide bonds. The third-order valence-corrected chi connectivity index (χ3v) is 8.06. The van der Waals surface area contributed by atoms with E-state index in [2.05, 4.69) is 64.0 Å². The van der Waals surface area contributed by atoms with Crippen molar-refractivity contribution in [3.8, 4) is 40.0 Å². The maximum Gasteiger partial charge on any atom is 0.231 e. The Labute approximate surface area is 233 Å². The van der Waals surface area contributed by atoms with Crippen LogP contribution in [0.4, 0.5) is 0 Å². The lowest BCUT2D eigenvalue weighted by Gasteiger charge is -2.18. The number of hydrogen-bond donors (Lipinski definition) is 0. The highest BCUT2D eigenvalue weighted by molar-refractivity contribution is 5.91. The first kappa shape index (κ1) is 24.6. The van der Waals surface area contributed by atoms with Crippen LogP contribution in [0.1, 0.15) is 24.8 Å². The first-order valence-corrected chi connectivity index (χ1v) is 13.9. The van der Waals surface area contributed by atoms with E-state index in [1.165, 1.54) is 27.7 Å². The minimum Gasteiger partial charge on any atom is -0.497 e. The number of rotatable bonds is 9. The number of unbranched alkanes of at least 4 members (excludes halogenated alkanes) is 2. The topological polar surface area (TPSA) is 55.0 Å². The molecular weight excluding hydrogens is 504 g/mol. The van der Waals surface area contributed by atoms with Gasteiger partial charge < -0.3 is 28.3 Å². The van der Waals surface area contributed by atoms with Gasteiger partial charge in [0.25, 0.3) is 0 Å². The van der Waals surface area contributed by atoms with Gasteiger partial charge in [0.15, 0.2) is 35.7 Å². The van der Waals surface area contributed by atoms with Crippen molar-refractivity contribution < 1.29 is 28.3 Å². The predicted octanol–water partition coefficient (Wildman–Crippen LogP) is 6.30. The van der Waals surface area contributed by atoms with Gasteiger partial charge in [0.05, 0.1) is 31.8 Å². The lowest BCUT2D eigenvalue weighted by molar-refractivity contribution is -0.686. The highest BCUT2D eigenvalue weighted by Gasteiger charge is 2.28. The Morgan fingerprint density at radius 1 is 0.875 bits per heavy atom. The van der Waals surface area contributed by atoms with Crippen molar-refractivity contribution in [2.75, 3.05) is 27.6 Å². The summed E-state index contributed by atoms with van der Waals surface area (Å²) in [5.74, 6) is 4.13. The van der Waals surface area contributed by atoms with E-state index >= 15 is 0 Å². The van der Waals surface area contributed by atoms with Crippen molar-refractivity contribution in [3.05, 3.63) is 72.6 Å². The zero-order valence-corrected chi connectivity index (χ0v) is 22.9. The Morgan fingerprint density at radius 2 is 1.77 bits per heavy atom. The Kier molecular flexibility index (Phi) is 6.34. The third-order valence-electron chi connectivity index (χ3n) is 8.06. The summed E-state index contributed by atoms with van der Waals surface area (Å²) >= 11 is 0. The van der Waals surface area contributed by atoms with Crippen LogP contribution < -0.4 is 28.3 Å². The van der Waals surface area contributed by atoms with Crippen molar-refractivity contribution in [1.29, 1.82) is 0 Å². The molecule has 0 spiro atoms. The van der Waals surface area contributed by atoms with Gasteiger partial charge in [0.2, 0.25) is 12.5 Å². The van der Waals surface area contributed by atoms with Crippen LogP contribution in [-0.2, 0) is 19.5 Å². The van der Waals surface area contributed by atoms with Crippen LogP contribution in [0.25, 0.3) is 32.9 Å². The average Bonchev–Trinajstić information content (AvgIpc) is 3.62. The molecule has 0 radical (unpaired) electrons. The molecule has 2 aliphatic heterocycles. The van der Waals surface area contributed by atoms with E-state index in [1.807, 2.05) is 12.1 Å². The van der Waals surface area contributed by atoms with Crippen LogP contribution in [0.3, 0.4) is 0 Å². The first-order chi connectivity index (χ1) is 19.7. The fraction of sp³-hybridized carbons (Fsp3) is 0.303. The van der Waals surface area contributed by atoms with Crippen molar-refractivity contribution in [2.24, 2.45) is 0 Å². The Bertz CT molecular complexity index is 1720. The molecule has 40 heavy (non-hydrogen) atoms. The molecule has 4 heterocycles. The molecule has 3 aromatic carbocycles. The number of nitrogens with zero attached hydrogens (tertiary/aromatic N) is 2. The van der Waals surface area contributed by atoms with E-state index in [9.17, 15) is 0 Å². The molecule has 0 atom stereocenters. The molecule has 0 bridgehead atoms. The Hall–Kier alpha value is -4.39. The van der Waals surface area contributed by atoms with Crippen LogP contribution in [0, 0.1) is 0 Å². The highest BCUT2D eigenvalue weighted by Crippen LogP contribution is 2.41. The van der Waals surface area contributed by atoms with Crippen molar-refractivity contribution in [1.82, 2.24) is 4.57 Å². The van der Waals surface area contributed by atoms with Gasteiger partial charge in [0, 0.05) is 36.1 Å². The molecule has 0 aliphatic carbocycles. The molecule has 7 heteroatoms. The van der Waals surface area contributed by atoms with Gasteiger partial charge in [-0.3, -0.25) is 0 Å². The molecule has 7 nitrogen and oxygen atoms in total. The third kappa shape index (κ3) is 4.35. The quantitative estimate of drug-likeness (QED) is 0.163. The molecule has 0 N–H and O–H groups in total. The molecule has 5 aromatic rings. The molecule has 0 fully saturated rings. The molecule has 0 saturated heterocycles. The fourth-order valence-electron chi connectivity index (χ4n) is 5.94. The van der Waals surface area contributed by atoms with Crippen LogP contribution in [0.5, 0.6) is 28.7 Å². The highest BCUT2D eigenvalue weighted by atomic mass is 16.7. The number of methoxy groups -OCH3 is 2.